The molecule has 0 spiro atoms. The van der Waals surface area contributed by atoms with E-state index in [9.17, 15) is 44.1 Å². The number of carbonyl (C=O) groups is 6. The second-order valence-electron chi connectivity index (χ2n) is 10.6. The maximum absolute atomic E-state index is 12.7. The van der Waals surface area contributed by atoms with Crippen LogP contribution in [0.15, 0.2) is 24.3 Å². The number of benzene rings is 1. The highest BCUT2D eigenvalue weighted by Crippen LogP contribution is 2.13. The Balaban J connectivity index is 1.82. The number of ketones is 1. The zero-order valence-electron chi connectivity index (χ0n) is 25.5. The fourth-order valence-electron chi connectivity index (χ4n) is 4.50. The van der Waals surface area contributed by atoms with Gasteiger partial charge < -0.3 is 30.1 Å². The van der Waals surface area contributed by atoms with Crippen LogP contribution in [-0.4, -0.2) is 169 Å². The van der Waals surface area contributed by atoms with Crippen LogP contribution in [0.1, 0.15) is 23.7 Å². The van der Waals surface area contributed by atoms with Gasteiger partial charge in [-0.3, -0.25) is 48.4 Å². The van der Waals surface area contributed by atoms with Crippen molar-refractivity contribution >= 4 is 35.6 Å². The summed E-state index contributed by atoms with van der Waals surface area (Å²) in [4.78, 5) is 77.0. The lowest BCUT2D eigenvalue weighted by Crippen LogP contribution is -2.50. The van der Waals surface area contributed by atoms with Gasteiger partial charge in [-0.15, -0.1) is 0 Å². The molecule has 0 saturated carbocycles. The summed E-state index contributed by atoms with van der Waals surface area (Å²) in [6, 6.07) is 6.20. The third-order valence-corrected chi connectivity index (χ3v) is 6.89. The van der Waals surface area contributed by atoms with Crippen LogP contribution in [-0.2, 0) is 28.7 Å². The van der Waals surface area contributed by atoms with Crippen molar-refractivity contribution in [2.75, 3.05) is 98.3 Å². The van der Waals surface area contributed by atoms with Gasteiger partial charge in [0, 0.05) is 64.5 Å². The highest BCUT2D eigenvalue weighted by molar-refractivity contribution is 5.94. The number of aliphatic carboxylic acids is 3. The zero-order valence-corrected chi connectivity index (χ0v) is 25.5. The van der Waals surface area contributed by atoms with Crippen molar-refractivity contribution in [2.24, 2.45) is 0 Å². The predicted molar refractivity (Wildman–Crippen MR) is 159 cm³/mol. The van der Waals surface area contributed by atoms with E-state index in [4.69, 9.17) is 9.47 Å². The van der Waals surface area contributed by atoms with Crippen LogP contribution < -0.4 is 10.1 Å². The summed E-state index contributed by atoms with van der Waals surface area (Å²) in [7, 11) is 0. The molecule has 16 nitrogen and oxygen atoms in total. The third kappa shape index (κ3) is 16.6. The molecule has 4 N–H and O–H groups in total. The first kappa shape index (κ1) is 37.2. The van der Waals surface area contributed by atoms with Gasteiger partial charge in [0.05, 0.1) is 45.8 Å². The van der Waals surface area contributed by atoms with Crippen LogP contribution in [0.3, 0.4) is 0 Å². The number of carboxylic acid groups (broad SMARTS) is 3. The van der Waals surface area contributed by atoms with E-state index in [-0.39, 0.29) is 90.2 Å². The number of rotatable bonds is 16. The number of esters is 1. The van der Waals surface area contributed by atoms with Gasteiger partial charge >= 0.3 is 23.9 Å². The first-order valence-electron chi connectivity index (χ1n) is 14.6. The Hall–Kier alpha value is -3.96. The summed E-state index contributed by atoms with van der Waals surface area (Å²) in [6.07, 6.45) is -0.00998. The SMILES string of the molecule is CC(=O)c1ccc(OC(=O)CCOCCNC(=O)CN2CCN(CC(=O)O)CCN(CC(=O)O)CCN(CC(=O)O)CC2)cc1. The summed E-state index contributed by atoms with van der Waals surface area (Å²) in [5.74, 6) is -3.67. The molecule has 0 unspecified atom stereocenters. The normalized spacial score (nSPS) is 16.2. The summed E-state index contributed by atoms with van der Waals surface area (Å²) < 4.78 is 10.6. The van der Waals surface area contributed by atoms with Gasteiger partial charge in [0.1, 0.15) is 5.75 Å². The van der Waals surface area contributed by atoms with Crippen molar-refractivity contribution in [3.8, 4) is 5.75 Å². The van der Waals surface area contributed by atoms with Crippen molar-refractivity contribution in [2.45, 2.75) is 13.3 Å². The first-order valence-corrected chi connectivity index (χ1v) is 14.6. The van der Waals surface area contributed by atoms with E-state index in [0.29, 0.717) is 37.5 Å². The van der Waals surface area contributed by atoms with Crippen LogP contribution in [0.2, 0.25) is 0 Å². The first-order chi connectivity index (χ1) is 21.4. The molecule has 45 heavy (non-hydrogen) atoms. The largest absolute Gasteiger partial charge is 0.480 e. The molecule has 1 heterocycles. The Bertz CT molecular complexity index is 1120. The van der Waals surface area contributed by atoms with Crippen LogP contribution in [0.4, 0.5) is 0 Å². The predicted octanol–water partition coefficient (Wildman–Crippen LogP) is -1.21. The van der Waals surface area contributed by atoms with Gasteiger partial charge in [0.15, 0.2) is 5.78 Å². The number of Topliss-reactive ketones (excluding diaryl/α,β-unsaturated/α-hetero) is 1. The van der Waals surface area contributed by atoms with E-state index < -0.39 is 23.9 Å². The molecule has 1 aromatic carbocycles. The lowest BCUT2D eigenvalue weighted by Gasteiger charge is -2.32. The van der Waals surface area contributed by atoms with Crippen molar-refractivity contribution in [1.82, 2.24) is 24.9 Å². The number of carboxylic acids is 3. The molecule has 1 aliphatic heterocycles. The third-order valence-electron chi connectivity index (χ3n) is 6.89. The van der Waals surface area contributed by atoms with E-state index in [0.717, 1.165) is 0 Å². The molecule has 0 aromatic heterocycles. The van der Waals surface area contributed by atoms with Gasteiger partial charge in [-0.05, 0) is 31.2 Å². The fourth-order valence-corrected chi connectivity index (χ4v) is 4.50. The van der Waals surface area contributed by atoms with Crippen molar-refractivity contribution < 1.29 is 53.6 Å². The zero-order chi connectivity index (χ0) is 33.2. The molecule has 0 atom stereocenters. The summed E-state index contributed by atoms with van der Waals surface area (Å²) in [6.45, 7) is 3.51. The van der Waals surface area contributed by atoms with Gasteiger partial charge in [-0.2, -0.15) is 0 Å². The van der Waals surface area contributed by atoms with Gasteiger partial charge in [0.25, 0.3) is 0 Å². The molecule has 1 saturated heterocycles. The number of amides is 1. The second-order valence-corrected chi connectivity index (χ2v) is 10.6. The molecule has 1 fully saturated rings. The molecule has 16 heteroatoms. The topological polar surface area (TPSA) is 207 Å². The second kappa shape index (κ2) is 20.1. The Morgan fingerprint density at radius 1 is 0.667 bits per heavy atom. The molecular weight excluding hydrogens is 594 g/mol. The minimum Gasteiger partial charge on any atom is -0.480 e. The highest BCUT2D eigenvalue weighted by Gasteiger charge is 2.21. The van der Waals surface area contributed by atoms with Crippen LogP contribution in [0, 0.1) is 0 Å². The van der Waals surface area contributed by atoms with Crippen LogP contribution in [0.25, 0.3) is 0 Å². The van der Waals surface area contributed by atoms with E-state index in [1.165, 1.54) is 19.1 Å². The highest BCUT2D eigenvalue weighted by atomic mass is 16.5. The molecule has 0 radical (unpaired) electrons. The van der Waals surface area contributed by atoms with E-state index in [1.54, 1.807) is 26.8 Å². The molecule has 0 aliphatic carbocycles. The number of carbonyl (C=O) groups excluding carboxylic acids is 3. The maximum atomic E-state index is 12.7. The fraction of sp³-hybridized carbons (Fsp3) is 0.586. The van der Waals surface area contributed by atoms with Crippen molar-refractivity contribution in [3.05, 3.63) is 29.8 Å². The Kier molecular flexibility index (Phi) is 16.7. The quantitative estimate of drug-likeness (QED) is 0.0726. The maximum Gasteiger partial charge on any atom is 0.317 e. The van der Waals surface area contributed by atoms with E-state index in [1.807, 2.05) is 4.90 Å². The average molecular weight is 638 g/mol. The Morgan fingerprint density at radius 3 is 1.49 bits per heavy atom. The monoisotopic (exact) mass is 637 g/mol. The van der Waals surface area contributed by atoms with Gasteiger partial charge in [-0.25, -0.2) is 0 Å². The minimum absolute atomic E-state index is 0.00998. The Morgan fingerprint density at radius 2 is 1.09 bits per heavy atom. The average Bonchev–Trinajstić information content (AvgIpc) is 2.95. The lowest BCUT2D eigenvalue weighted by atomic mass is 10.1. The van der Waals surface area contributed by atoms with Gasteiger partial charge in [0.2, 0.25) is 5.91 Å². The lowest BCUT2D eigenvalue weighted by molar-refractivity contribution is -0.140. The van der Waals surface area contributed by atoms with E-state index >= 15 is 0 Å². The van der Waals surface area contributed by atoms with Crippen molar-refractivity contribution in [3.63, 3.8) is 0 Å². The smallest absolute Gasteiger partial charge is 0.317 e. The van der Waals surface area contributed by atoms with E-state index in [2.05, 4.69) is 5.32 Å². The molecule has 2 rings (SSSR count). The summed E-state index contributed by atoms with van der Waals surface area (Å²) >= 11 is 0. The standard InChI is InChI=1S/C29H43N5O11/c1-22(35)23-2-4-24(5-3-23)45-29(43)6-16-44-17-7-30-25(36)18-31-8-10-32(19-26(37)38)12-14-34(21-28(41)42)15-13-33(11-9-31)20-27(39)40/h2-5H,6-21H2,1H3,(H,30,36)(H,37,38)(H,39,40)(H,41,42). The number of hydrogen-bond donors (Lipinski definition) is 4. The minimum atomic E-state index is -1.03. The molecule has 1 aliphatic rings. The van der Waals surface area contributed by atoms with Crippen molar-refractivity contribution in [1.29, 1.82) is 0 Å². The van der Waals surface area contributed by atoms with Crippen LogP contribution in [0.5, 0.6) is 5.75 Å². The summed E-state index contributed by atoms with van der Waals surface area (Å²) in [5.41, 5.74) is 0.509. The molecule has 250 valence electrons. The number of nitrogens with zero attached hydrogens (tertiary/aromatic N) is 4. The molecule has 1 aromatic rings. The Labute approximate surface area is 261 Å². The summed E-state index contributed by atoms with van der Waals surface area (Å²) in [5, 5.41) is 30.7. The van der Waals surface area contributed by atoms with Crippen LogP contribution >= 0.6 is 0 Å². The molecular formula is C29H43N5O11. The number of hydrogen-bond acceptors (Lipinski definition) is 12. The molecule has 1 amide bonds. The van der Waals surface area contributed by atoms with Gasteiger partial charge in [-0.1, -0.05) is 0 Å². The molecule has 0 bridgehead atoms. The number of nitrogens with one attached hydrogen (secondary N) is 1. The number of ether oxygens (including phenoxy) is 2.